The van der Waals surface area contributed by atoms with Crippen LogP contribution >= 0.6 is 0 Å². The average Bonchev–Trinajstić information content (AvgIpc) is 2.63. The first-order valence-electron chi connectivity index (χ1n) is 7.87. The van der Waals surface area contributed by atoms with Crippen LogP contribution in [-0.2, 0) is 0 Å². The van der Waals surface area contributed by atoms with Gasteiger partial charge in [-0.1, -0.05) is 61.5 Å². The van der Waals surface area contributed by atoms with Crippen molar-refractivity contribution in [3.05, 3.63) is 82.6 Å². The number of hydrogen-bond acceptors (Lipinski definition) is 4. The standard InChI is InChI=1S/C20H17NO3/c1-2-12-21-17(13-8-4-3-5-9-13)16-18(22)14-10-6-7-11-15(14)19(23)20(16)24/h3-11,24H,2,12H2,1H3/b21-17-. The third-order valence-corrected chi connectivity index (χ3v) is 3.87. The van der Waals surface area contributed by atoms with Crippen molar-refractivity contribution in [3.63, 3.8) is 0 Å². The zero-order chi connectivity index (χ0) is 17.1. The zero-order valence-electron chi connectivity index (χ0n) is 13.3. The Hall–Kier alpha value is -3.01. The summed E-state index contributed by atoms with van der Waals surface area (Å²) in [5, 5.41) is 10.4. The van der Waals surface area contributed by atoms with Crippen LogP contribution in [0.25, 0.3) is 0 Å². The van der Waals surface area contributed by atoms with Crippen LogP contribution in [-0.4, -0.2) is 28.9 Å². The van der Waals surface area contributed by atoms with Crippen LogP contribution in [0, 0.1) is 0 Å². The van der Waals surface area contributed by atoms with Crippen LogP contribution in [0.3, 0.4) is 0 Å². The van der Waals surface area contributed by atoms with Crippen LogP contribution in [0.4, 0.5) is 0 Å². The van der Waals surface area contributed by atoms with Crippen molar-refractivity contribution in [1.29, 1.82) is 0 Å². The fraction of sp³-hybridized carbons (Fsp3) is 0.150. The maximum Gasteiger partial charge on any atom is 0.228 e. The highest BCUT2D eigenvalue weighted by Gasteiger charge is 2.34. The van der Waals surface area contributed by atoms with Gasteiger partial charge in [0.25, 0.3) is 0 Å². The monoisotopic (exact) mass is 319 g/mol. The van der Waals surface area contributed by atoms with Crippen LogP contribution in [0.1, 0.15) is 39.6 Å². The number of aliphatic hydroxyl groups is 1. The third kappa shape index (κ3) is 2.67. The van der Waals surface area contributed by atoms with Gasteiger partial charge >= 0.3 is 0 Å². The molecule has 1 aliphatic carbocycles. The molecule has 4 nitrogen and oxygen atoms in total. The van der Waals surface area contributed by atoms with E-state index in [0.29, 0.717) is 23.4 Å². The van der Waals surface area contributed by atoms with Gasteiger partial charge in [0.05, 0.1) is 11.3 Å². The summed E-state index contributed by atoms with van der Waals surface area (Å²) >= 11 is 0. The Bertz CT molecular complexity index is 863. The van der Waals surface area contributed by atoms with Crippen molar-refractivity contribution in [2.75, 3.05) is 6.54 Å². The summed E-state index contributed by atoms with van der Waals surface area (Å²) in [5.74, 6) is -1.45. The molecule has 0 aliphatic heterocycles. The summed E-state index contributed by atoms with van der Waals surface area (Å²) in [7, 11) is 0. The molecule has 1 aliphatic rings. The molecule has 120 valence electrons. The molecular formula is C20H17NO3. The smallest absolute Gasteiger partial charge is 0.228 e. The van der Waals surface area contributed by atoms with E-state index in [1.807, 2.05) is 37.3 Å². The van der Waals surface area contributed by atoms with Gasteiger partial charge < -0.3 is 5.11 Å². The van der Waals surface area contributed by atoms with E-state index in [9.17, 15) is 14.7 Å². The van der Waals surface area contributed by atoms with Crippen molar-refractivity contribution in [3.8, 4) is 0 Å². The molecule has 0 spiro atoms. The normalized spacial score (nSPS) is 14.8. The molecule has 0 heterocycles. The summed E-state index contributed by atoms with van der Waals surface area (Å²) < 4.78 is 0. The molecule has 24 heavy (non-hydrogen) atoms. The molecule has 0 saturated heterocycles. The molecule has 0 radical (unpaired) electrons. The van der Waals surface area contributed by atoms with Gasteiger partial charge in [0.2, 0.25) is 5.78 Å². The van der Waals surface area contributed by atoms with E-state index in [4.69, 9.17) is 0 Å². The zero-order valence-corrected chi connectivity index (χ0v) is 13.3. The fourth-order valence-electron chi connectivity index (χ4n) is 2.72. The van der Waals surface area contributed by atoms with Gasteiger partial charge in [-0.3, -0.25) is 14.6 Å². The molecule has 0 bridgehead atoms. The van der Waals surface area contributed by atoms with E-state index in [1.54, 1.807) is 24.3 Å². The largest absolute Gasteiger partial charge is 0.504 e. The summed E-state index contributed by atoms with van der Waals surface area (Å²) in [5.41, 5.74) is 1.58. The van der Waals surface area contributed by atoms with E-state index in [1.165, 1.54) is 0 Å². The number of aliphatic hydroxyl groups excluding tert-OH is 1. The highest BCUT2D eigenvalue weighted by molar-refractivity contribution is 6.40. The number of allylic oxidation sites excluding steroid dienone is 2. The number of rotatable bonds is 4. The Kier molecular flexibility index (Phi) is 4.38. The molecule has 0 fully saturated rings. The summed E-state index contributed by atoms with van der Waals surface area (Å²) in [4.78, 5) is 29.8. The lowest BCUT2D eigenvalue weighted by Gasteiger charge is -2.19. The van der Waals surface area contributed by atoms with E-state index < -0.39 is 11.5 Å². The number of aliphatic imine (C=N–C) groups is 1. The van der Waals surface area contributed by atoms with Gasteiger partial charge in [0.1, 0.15) is 0 Å². The fourth-order valence-corrected chi connectivity index (χ4v) is 2.72. The maximum atomic E-state index is 12.9. The van der Waals surface area contributed by atoms with Gasteiger partial charge in [-0.25, -0.2) is 0 Å². The van der Waals surface area contributed by atoms with E-state index >= 15 is 0 Å². The molecule has 0 saturated carbocycles. The van der Waals surface area contributed by atoms with Crippen LogP contribution in [0.5, 0.6) is 0 Å². The highest BCUT2D eigenvalue weighted by Crippen LogP contribution is 2.27. The van der Waals surface area contributed by atoms with Gasteiger partial charge in [-0.05, 0) is 6.42 Å². The van der Waals surface area contributed by atoms with Gasteiger partial charge in [-0.15, -0.1) is 0 Å². The summed E-state index contributed by atoms with van der Waals surface area (Å²) in [6.07, 6.45) is 0.795. The minimum Gasteiger partial charge on any atom is -0.504 e. The number of nitrogens with zero attached hydrogens (tertiary/aromatic N) is 1. The Morgan fingerprint density at radius 1 is 0.917 bits per heavy atom. The minimum absolute atomic E-state index is 0.0154. The first-order valence-corrected chi connectivity index (χ1v) is 7.87. The Morgan fingerprint density at radius 2 is 1.50 bits per heavy atom. The summed E-state index contributed by atoms with van der Waals surface area (Å²) in [6.45, 7) is 2.48. The summed E-state index contributed by atoms with van der Waals surface area (Å²) in [6, 6.07) is 15.7. The molecule has 2 aromatic carbocycles. The van der Waals surface area contributed by atoms with Crippen molar-refractivity contribution >= 4 is 17.3 Å². The van der Waals surface area contributed by atoms with Gasteiger partial charge in [-0.2, -0.15) is 0 Å². The predicted octanol–water partition coefficient (Wildman–Crippen LogP) is 3.78. The number of benzene rings is 2. The molecule has 1 N–H and O–H groups in total. The number of Topliss-reactive ketones (excluding diaryl/α,β-unsaturated/α-hetero) is 2. The predicted molar refractivity (Wildman–Crippen MR) is 92.9 cm³/mol. The van der Waals surface area contributed by atoms with Crippen molar-refractivity contribution in [2.45, 2.75) is 13.3 Å². The second-order valence-corrected chi connectivity index (χ2v) is 5.52. The molecule has 4 heteroatoms. The lowest BCUT2D eigenvalue weighted by Crippen LogP contribution is -2.27. The minimum atomic E-state index is -0.541. The molecule has 0 aromatic heterocycles. The van der Waals surface area contributed by atoms with Crippen molar-refractivity contribution in [2.24, 2.45) is 4.99 Å². The van der Waals surface area contributed by atoms with E-state index in [0.717, 1.165) is 6.42 Å². The number of fused-ring (bicyclic) bond motifs is 1. The average molecular weight is 319 g/mol. The van der Waals surface area contributed by atoms with Gasteiger partial charge in [0, 0.05) is 23.2 Å². The Labute approximate surface area is 140 Å². The molecule has 0 amide bonds. The number of ketones is 2. The first-order chi connectivity index (χ1) is 11.6. The Morgan fingerprint density at radius 3 is 2.12 bits per heavy atom. The van der Waals surface area contributed by atoms with Crippen molar-refractivity contribution < 1.29 is 14.7 Å². The number of carbonyl (C=O) groups is 2. The second-order valence-electron chi connectivity index (χ2n) is 5.52. The maximum absolute atomic E-state index is 12.9. The topological polar surface area (TPSA) is 66.7 Å². The number of carbonyl (C=O) groups excluding carboxylic acids is 2. The molecule has 0 unspecified atom stereocenters. The number of hydrogen-bond donors (Lipinski definition) is 1. The van der Waals surface area contributed by atoms with Crippen LogP contribution < -0.4 is 0 Å². The molecular weight excluding hydrogens is 302 g/mol. The Balaban J connectivity index is 2.20. The molecule has 0 atom stereocenters. The van der Waals surface area contributed by atoms with Crippen molar-refractivity contribution in [1.82, 2.24) is 0 Å². The van der Waals surface area contributed by atoms with E-state index in [2.05, 4.69) is 4.99 Å². The second kappa shape index (κ2) is 6.62. The van der Waals surface area contributed by atoms with Crippen LogP contribution in [0.15, 0.2) is 70.9 Å². The lowest BCUT2D eigenvalue weighted by atomic mass is 9.84. The first kappa shape index (κ1) is 15.9. The molecule has 2 aromatic rings. The van der Waals surface area contributed by atoms with Gasteiger partial charge in [0.15, 0.2) is 11.5 Å². The lowest BCUT2D eigenvalue weighted by molar-refractivity contribution is 0.0934. The molecule has 3 rings (SSSR count). The SMILES string of the molecule is CCC/N=C(\C1=C(O)C(=O)c2ccccc2C1=O)c1ccccc1. The van der Waals surface area contributed by atoms with Crippen LogP contribution in [0.2, 0.25) is 0 Å². The van der Waals surface area contributed by atoms with E-state index in [-0.39, 0.29) is 16.9 Å². The highest BCUT2D eigenvalue weighted by atomic mass is 16.3. The third-order valence-electron chi connectivity index (χ3n) is 3.87. The quantitative estimate of drug-likeness (QED) is 0.872.